The monoisotopic (exact) mass is 560 g/mol. The van der Waals surface area contributed by atoms with E-state index in [0.717, 1.165) is 11.1 Å². The molecule has 176 valence electrons. The quantitative estimate of drug-likeness (QED) is 0.320. The molecule has 0 saturated carbocycles. The average molecular weight is 562 g/mol. The lowest BCUT2D eigenvalue weighted by atomic mass is 9.96. The van der Waals surface area contributed by atoms with Gasteiger partial charge in [-0.1, -0.05) is 69.2 Å². The van der Waals surface area contributed by atoms with Crippen LogP contribution in [0, 0.1) is 0 Å². The number of allylic oxidation sites excluding steroid dienone is 1. The number of esters is 1. The zero-order valence-corrected chi connectivity index (χ0v) is 21.7. The van der Waals surface area contributed by atoms with Gasteiger partial charge >= 0.3 is 5.97 Å². The van der Waals surface area contributed by atoms with E-state index < -0.39 is 12.0 Å². The highest BCUT2D eigenvalue weighted by atomic mass is 79.9. The van der Waals surface area contributed by atoms with E-state index in [4.69, 9.17) is 21.1 Å². The van der Waals surface area contributed by atoms with Gasteiger partial charge in [0.2, 0.25) is 0 Å². The molecule has 0 aliphatic carbocycles. The number of ether oxygens (including phenoxy) is 2. The number of benzene rings is 2. The standard InChI is InChI=1S/C25H22BrClN2O4S/c1-3-32-24(31)21-15(2)28-25-29(22(21)16-8-10-18(27)11-9-16)23(30)20(34-25)14-17-6-4-5-7-19(17)33-13-12-26/h4-11,14,22H,3,12-13H2,1-2H3/b20-14-. The molecular formula is C25H22BrClN2O4S. The molecule has 1 aliphatic rings. The summed E-state index contributed by atoms with van der Waals surface area (Å²) in [6.45, 7) is 4.23. The lowest BCUT2D eigenvalue weighted by molar-refractivity contribution is -0.139. The molecular weight excluding hydrogens is 540 g/mol. The van der Waals surface area contributed by atoms with Gasteiger partial charge in [0.1, 0.15) is 5.75 Å². The summed E-state index contributed by atoms with van der Waals surface area (Å²) >= 11 is 10.7. The van der Waals surface area contributed by atoms with Crippen molar-refractivity contribution in [3.05, 3.63) is 95.6 Å². The van der Waals surface area contributed by atoms with Gasteiger partial charge in [0.15, 0.2) is 4.80 Å². The number of aromatic nitrogens is 1. The Morgan fingerprint density at radius 3 is 2.68 bits per heavy atom. The molecule has 1 atom stereocenters. The van der Waals surface area contributed by atoms with Gasteiger partial charge in [-0.2, -0.15) is 0 Å². The molecule has 0 radical (unpaired) electrons. The molecule has 0 N–H and O–H groups in total. The maximum absolute atomic E-state index is 13.7. The Hall–Kier alpha value is -2.68. The molecule has 0 fully saturated rings. The highest BCUT2D eigenvalue weighted by Crippen LogP contribution is 2.31. The molecule has 4 rings (SSSR count). The lowest BCUT2D eigenvalue weighted by Crippen LogP contribution is -2.39. The first kappa shape index (κ1) is 24.4. The molecule has 1 aliphatic heterocycles. The van der Waals surface area contributed by atoms with Crippen molar-refractivity contribution in [3.8, 4) is 5.75 Å². The normalized spacial score (nSPS) is 15.6. The molecule has 2 heterocycles. The number of para-hydroxylation sites is 1. The van der Waals surface area contributed by atoms with Crippen LogP contribution in [0.3, 0.4) is 0 Å². The number of alkyl halides is 1. The van der Waals surface area contributed by atoms with Gasteiger partial charge in [-0.3, -0.25) is 9.36 Å². The minimum Gasteiger partial charge on any atom is -0.492 e. The van der Waals surface area contributed by atoms with Crippen molar-refractivity contribution < 1.29 is 14.3 Å². The first-order chi connectivity index (χ1) is 16.4. The molecule has 0 amide bonds. The van der Waals surface area contributed by atoms with E-state index in [0.29, 0.717) is 43.3 Å². The largest absolute Gasteiger partial charge is 0.492 e. The summed E-state index contributed by atoms with van der Waals surface area (Å²) in [5, 5.41) is 1.26. The Bertz CT molecular complexity index is 1430. The first-order valence-corrected chi connectivity index (χ1v) is 13.0. The van der Waals surface area contributed by atoms with Crippen molar-refractivity contribution in [2.45, 2.75) is 19.9 Å². The third kappa shape index (κ3) is 4.89. The molecule has 0 saturated heterocycles. The minimum atomic E-state index is -0.672. The predicted octanol–water partition coefficient (Wildman–Crippen LogP) is 4.23. The number of carbonyl (C=O) groups is 1. The summed E-state index contributed by atoms with van der Waals surface area (Å²) in [7, 11) is 0. The minimum absolute atomic E-state index is 0.221. The van der Waals surface area contributed by atoms with Crippen LogP contribution < -0.4 is 19.6 Å². The second-order valence-corrected chi connectivity index (χ2v) is 9.67. The van der Waals surface area contributed by atoms with Gasteiger partial charge in [-0.05, 0) is 43.7 Å². The van der Waals surface area contributed by atoms with Crippen LogP contribution in [0.25, 0.3) is 6.08 Å². The molecule has 0 bridgehead atoms. The molecule has 3 aromatic rings. The highest BCUT2D eigenvalue weighted by molar-refractivity contribution is 9.09. The number of thiazole rings is 1. The Labute approximate surface area is 213 Å². The van der Waals surface area contributed by atoms with Crippen LogP contribution in [-0.2, 0) is 9.53 Å². The van der Waals surface area contributed by atoms with Crippen molar-refractivity contribution in [1.29, 1.82) is 0 Å². The van der Waals surface area contributed by atoms with E-state index >= 15 is 0 Å². The average Bonchev–Trinajstić information content (AvgIpc) is 3.12. The van der Waals surface area contributed by atoms with Gasteiger partial charge < -0.3 is 9.47 Å². The van der Waals surface area contributed by atoms with Gasteiger partial charge in [-0.15, -0.1) is 0 Å². The van der Waals surface area contributed by atoms with Crippen molar-refractivity contribution in [2.75, 3.05) is 18.5 Å². The fourth-order valence-corrected chi connectivity index (χ4v) is 5.10. The van der Waals surface area contributed by atoms with Gasteiger partial charge in [-0.25, -0.2) is 9.79 Å². The fraction of sp³-hybridized carbons (Fsp3) is 0.240. The summed E-state index contributed by atoms with van der Waals surface area (Å²) in [5.41, 5.74) is 2.15. The van der Waals surface area contributed by atoms with Gasteiger partial charge in [0.05, 0.1) is 35.1 Å². The van der Waals surface area contributed by atoms with E-state index in [9.17, 15) is 9.59 Å². The second-order valence-electron chi connectivity index (χ2n) is 7.43. The van der Waals surface area contributed by atoms with Gasteiger partial charge in [0, 0.05) is 15.9 Å². The summed E-state index contributed by atoms with van der Waals surface area (Å²) in [4.78, 5) is 31.7. The van der Waals surface area contributed by atoms with Crippen molar-refractivity contribution in [1.82, 2.24) is 4.57 Å². The summed E-state index contributed by atoms with van der Waals surface area (Å²) in [6, 6.07) is 14.0. The van der Waals surface area contributed by atoms with Crippen molar-refractivity contribution >= 4 is 50.9 Å². The molecule has 1 aromatic heterocycles. The summed E-state index contributed by atoms with van der Waals surface area (Å²) in [6.07, 6.45) is 1.80. The number of hydrogen-bond donors (Lipinski definition) is 0. The summed E-state index contributed by atoms with van der Waals surface area (Å²) in [5.74, 6) is 0.192. The third-order valence-electron chi connectivity index (χ3n) is 5.24. The van der Waals surface area contributed by atoms with Crippen LogP contribution >= 0.6 is 38.9 Å². The number of fused-ring (bicyclic) bond motifs is 1. The lowest BCUT2D eigenvalue weighted by Gasteiger charge is -2.24. The zero-order valence-electron chi connectivity index (χ0n) is 18.6. The topological polar surface area (TPSA) is 69.9 Å². The van der Waals surface area contributed by atoms with Crippen LogP contribution in [0.15, 0.2) is 69.6 Å². The van der Waals surface area contributed by atoms with E-state index in [1.807, 2.05) is 36.4 Å². The molecule has 6 nitrogen and oxygen atoms in total. The maximum Gasteiger partial charge on any atom is 0.338 e. The number of halogens is 2. The molecule has 0 spiro atoms. The molecule has 34 heavy (non-hydrogen) atoms. The van der Waals surface area contributed by atoms with Crippen LogP contribution in [0.5, 0.6) is 5.75 Å². The van der Waals surface area contributed by atoms with Gasteiger partial charge in [0.25, 0.3) is 5.56 Å². The van der Waals surface area contributed by atoms with Crippen LogP contribution in [0.2, 0.25) is 5.02 Å². The highest BCUT2D eigenvalue weighted by Gasteiger charge is 2.33. The van der Waals surface area contributed by atoms with E-state index in [1.165, 1.54) is 11.3 Å². The zero-order chi connectivity index (χ0) is 24.2. The first-order valence-electron chi connectivity index (χ1n) is 10.7. The fourth-order valence-electron chi connectivity index (χ4n) is 3.77. The van der Waals surface area contributed by atoms with Crippen molar-refractivity contribution in [3.63, 3.8) is 0 Å². The molecule has 2 aromatic carbocycles. The SMILES string of the molecule is CCOC(=O)C1=C(C)N=c2s/c(=C\c3ccccc3OCCBr)c(=O)n2C1c1ccc(Cl)cc1. The van der Waals surface area contributed by atoms with E-state index in [2.05, 4.69) is 20.9 Å². The summed E-state index contributed by atoms with van der Waals surface area (Å²) < 4.78 is 13.2. The third-order valence-corrected chi connectivity index (χ3v) is 6.80. The van der Waals surface area contributed by atoms with Crippen LogP contribution in [0.4, 0.5) is 0 Å². The smallest absolute Gasteiger partial charge is 0.338 e. The van der Waals surface area contributed by atoms with Crippen LogP contribution in [0.1, 0.15) is 31.0 Å². The predicted molar refractivity (Wildman–Crippen MR) is 138 cm³/mol. The number of carbonyl (C=O) groups excluding carboxylic acids is 1. The molecule has 1 unspecified atom stereocenters. The Morgan fingerprint density at radius 1 is 1.24 bits per heavy atom. The second kappa shape index (κ2) is 10.7. The van der Waals surface area contributed by atoms with E-state index in [1.54, 1.807) is 36.6 Å². The van der Waals surface area contributed by atoms with E-state index in [-0.39, 0.29) is 12.2 Å². The van der Waals surface area contributed by atoms with Crippen molar-refractivity contribution in [2.24, 2.45) is 4.99 Å². The number of rotatable bonds is 7. The Morgan fingerprint density at radius 2 is 1.97 bits per heavy atom. The maximum atomic E-state index is 13.7. The Balaban J connectivity index is 1.92. The number of nitrogens with zero attached hydrogens (tertiary/aromatic N) is 2. The number of hydrogen-bond acceptors (Lipinski definition) is 6. The van der Waals surface area contributed by atoms with Crippen LogP contribution in [-0.4, -0.2) is 29.1 Å². The molecule has 9 heteroatoms. The Kier molecular flexibility index (Phi) is 7.70.